The third-order valence-electron chi connectivity index (χ3n) is 4.85. The van der Waals surface area contributed by atoms with Gasteiger partial charge in [-0.15, -0.1) is 24.8 Å². The summed E-state index contributed by atoms with van der Waals surface area (Å²) in [5, 5.41) is 6.69. The van der Waals surface area contributed by atoms with E-state index in [4.69, 9.17) is 11.6 Å². The fourth-order valence-electron chi connectivity index (χ4n) is 3.36. The molecule has 2 saturated heterocycles. The normalized spacial score (nSPS) is 19.5. The smallest absolute Gasteiger partial charge is 0.242 e. The molecule has 0 saturated carbocycles. The van der Waals surface area contributed by atoms with Crippen LogP contribution in [0.4, 0.5) is 5.69 Å². The van der Waals surface area contributed by atoms with Gasteiger partial charge in [-0.3, -0.25) is 9.59 Å². The lowest BCUT2D eigenvalue weighted by molar-refractivity contribution is -0.133. The van der Waals surface area contributed by atoms with Crippen molar-refractivity contribution in [1.82, 2.24) is 15.5 Å². The van der Waals surface area contributed by atoms with Crippen molar-refractivity contribution in [3.63, 3.8) is 0 Å². The zero-order valence-electron chi connectivity index (χ0n) is 15.2. The zero-order valence-corrected chi connectivity index (χ0v) is 17.5. The van der Waals surface area contributed by atoms with Gasteiger partial charge in [0.15, 0.2) is 0 Å². The van der Waals surface area contributed by atoms with Crippen molar-refractivity contribution in [3.05, 3.63) is 29.3 Å². The third kappa shape index (κ3) is 6.71. The van der Waals surface area contributed by atoms with Crippen LogP contribution in [0.25, 0.3) is 0 Å². The summed E-state index contributed by atoms with van der Waals surface area (Å²) in [6.07, 6.45) is 3.02. The average molecular weight is 438 g/mol. The minimum absolute atomic E-state index is 0. The number of anilines is 1. The molecule has 1 aromatic carbocycles. The molecule has 2 N–H and O–H groups in total. The summed E-state index contributed by atoms with van der Waals surface area (Å²) in [5.74, 6) is -0.0829. The lowest BCUT2D eigenvalue weighted by atomic mass is 10.0. The summed E-state index contributed by atoms with van der Waals surface area (Å²) in [6, 6.07) is 7.61. The highest BCUT2D eigenvalue weighted by molar-refractivity contribution is 6.30. The van der Waals surface area contributed by atoms with Gasteiger partial charge in [0.1, 0.15) is 0 Å². The number of nitrogens with one attached hydrogen (secondary N) is 2. The van der Waals surface area contributed by atoms with Gasteiger partial charge < -0.3 is 20.4 Å². The van der Waals surface area contributed by atoms with Crippen LogP contribution in [-0.2, 0) is 9.59 Å². The first-order valence-corrected chi connectivity index (χ1v) is 9.30. The Kier molecular flexibility index (Phi) is 10.2. The summed E-state index contributed by atoms with van der Waals surface area (Å²) < 4.78 is 0. The summed E-state index contributed by atoms with van der Waals surface area (Å²) >= 11 is 6.04. The van der Waals surface area contributed by atoms with Gasteiger partial charge in [0.05, 0.1) is 12.6 Å². The highest BCUT2D eigenvalue weighted by atomic mass is 35.5. The van der Waals surface area contributed by atoms with E-state index in [9.17, 15) is 9.59 Å². The highest BCUT2D eigenvalue weighted by Crippen LogP contribution is 2.20. The molecule has 0 unspecified atom stereocenters. The molecule has 152 valence electrons. The summed E-state index contributed by atoms with van der Waals surface area (Å²) in [6.45, 7) is 3.80. The van der Waals surface area contributed by atoms with Gasteiger partial charge in [-0.2, -0.15) is 0 Å². The van der Waals surface area contributed by atoms with Crippen LogP contribution >= 0.6 is 36.4 Å². The van der Waals surface area contributed by atoms with Crippen molar-refractivity contribution in [2.45, 2.75) is 25.3 Å². The molecule has 0 bridgehead atoms. The number of piperidine rings is 1. The number of carbonyl (C=O) groups is 2. The lowest BCUT2D eigenvalue weighted by Crippen LogP contribution is -2.53. The number of hydrogen-bond donors (Lipinski definition) is 2. The van der Waals surface area contributed by atoms with Crippen LogP contribution in [0, 0.1) is 0 Å². The summed E-state index contributed by atoms with van der Waals surface area (Å²) in [4.78, 5) is 28.5. The van der Waals surface area contributed by atoms with E-state index in [-0.39, 0.29) is 49.2 Å². The maximum Gasteiger partial charge on any atom is 0.242 e. The van der Waals surface area contributed by atoms with Gasteiger partial charge in [-0.05, 0) is 37.6 Å². The minimum Gasteiger partial charge on any atom is -0.368 e. The van der Waals surface area contributed by atoms with Crippen LogP contribution in [0.2, 0.25) is 5.02 Å². The van der Waals surface area contributed by atoms with Crippen molar-refractivity contribution in [3.8, 4) is 0 Å². The molecule has 1 aromatic rings. The van der Waals surface area contributed by atoms with E-state index in [0.29, 0.717) is 13.1 Å². The first-order chi connectivity index (χ1) is 12.1. The Morgan fingerprint density at radius 3 is 2.52 bits per heavy atom. The van der Waals surface area contributed by atoms with Crippen molar-refractivity contribution < 1.29 is 9.59 Å². The Morgan fingerprint density at radius 1 is 1.15 bits per heavy atom. The van der Waals surface area contributed by atoms with Crippen LogP contribution in [0.1, 0.15) is 19.3 Å². The molecular weight excluding hydrogens is 411 g/mol. The maximum atomic E-state index is 12.3. The fraction of sp³-hybridized carbons (Fsp3) is 0.556. The molecule has 2 fully saturated rings. The number of carbonyl (C=O) groups excluding carboxylic acids is 2. The largest absolute Gasteiger partial charge is 0.368 e. The topological polar surface area (TPSA) is 64.7 Å². The van der Waals surface area contributed by atoms with Crippen molar-refractivity contribution in [1.29, 1.82) is 0 Å². The lowest BCUT2D eigenvalue weighted by Gasteiger charge is -2.36. The van der Waals surface area contributed by atoms with Crippen molar-refractivity contribution >= 4 is 53.9 Å². The molecule has 0 spiro atoms. The Hall–Kier alpha value is -1.21. The predicted molar refractivity (Wildman–Crippen MR) is 113 cm³/mol. The number of nitrogens with zero attached hydrogens (tertiary/aromatic N) is 2. The predicted octanol–water partition coefficient (Wildman–Crippen LogP) is 2.09. The molecule has 3 rings (SSSR count). The van der Waals surface area contributed by atoms with E-state index < -0.39 is 0 Å². The quantitative estimate of drug-likeness (QED) is 0.757. The van der Waals surface area contributed by atoms with E-state index in [1.807, 2.05) is 29.2 Å². The molecule has 1 atom stereocenters. The van der Waals surface area contributed by atoms with E-state index in [0.717, 1.165) is 49.6 Å². The van der Waals surface area contributed by atoms with Crippen molar-refractivity contribution in [2.75, 3.05) is 44.2 Å². The second-order valence-corrected chi connectivity index (χ2v) is 7.00. The molecule has 2 aliphatic rings. The monoisotopic (exact) mass is 436 g/mol. The van der Waals surface area contributed by atoms with Gasteiger partial charge in [0, 0.05) is 36.9 Å². The Labute approximate surface area is 177 Å². The summed E-state index contributed by atoms with van der Waals surface area (Å²) in [5.41, 5.74) is 1.08. The second-order valence-electron chi connectivity index (χ2n) is 6.57. The van der Waals surface area contributed by atoms with E-state index >= 15 is 0 Å². The molecule has 0 radical (unpaired) electrons. The van der Waals surface area contributed by atoms with Gasteiger partial charge in [0.25, 0.3) is 0 Å². The molecule has 0 aliphatic carbocycles. The van der Waals surface area contributed by atoms with Gasteiger partial charge in [-0.1, -0.05) is 24.1 Å². The number of amides is 2. The molecule has 2 amide bonds. The van der Waals surface area contributed by atoms with E-state index in [1.54, 1.807) is 0 Å². The fourth-order valence-corrected chi connectivity index (χ4v) is 3.54. The van der Waals surface area contributed by atoms with Crippen LogP contribution in [0.5, 0.6) is 0 Å². The Morgan fingerprint density at radius 2 is 1.89 bits per heavy atom. The minimum atomic E-state index is -0.152. The van der Waals surface area contributed by atoms with Crippen LogP contribution < -0.4 is 15.5 Å². The molecular formula is C18H27Cl3N4O2. The summed E-state index contributed by atoms with van der Waals surface area (Å²) in [7, 11) is 0. The van der Waals surface area contributed by atoms with Crippen LogP contribution in [-0.4, -0.2) is 62.0 Å². The number of piperazine rings is 1. The van der Waals surface area contributed by atoms with Crippen LogP contribution in [0.15, 0.2) is 24.3 Å². The van der Waals surface area contributed by atoms with E-state index in [1.165, 1.54) is 0 Å². The van der Waals surface area contributed by atoms with E-state index in [2.05, 4.69) is 15.5 Å². The molecule has 27 heavy (non-hydrogen) atoms. The second kappa shape index (κ2) is 11.6. The van der Waals surface area contributed by atoms with Gasteiger partial charge >= 0.3 is 0 Å². The highest BCUT2D eigenvalue weighted by Gasteiger charge is 2.24. The number of hydrogen-bond acceptors (Lipinski definition) is 4. The Bertz CT molecular complexity index is 618. The number of benzene rings is 1. The molecule has 2 heterocycles. The van der Waals surface area contributed by atoms with Gasteiger partial charge in [-0.25, -0.2) is 0 Å². The third-order valence-corrected chi connectivity index (χ3v) is 5.08. The van der Waals surface area contributed by atoms with Crippen LogP contribution in [0.3, 0.4) is 0 Å². The molecule has 2 aliphatic heterocycles. The SMILES string of the molecule is Cl.Cl.O=C(NCC(=O)N1CCN(c2cccc(Cl)c2)CC1)[C@H]1CCCCN1. The maximum absolute atomic E-state index is 12.3. The molecule has 9 heteroatoms. The average Bonchev–Trinajstić information content (AvgIpc) is 2.66. The first-order valence-electron chi connectivity index (χ1n) is 8.93. The Balaban J connectivity index is 0.00000182. The zero-order chi connectivity index (χ0) is 17.6. The first kappa shape index (κ1) is 23.8. The standard InChI is InChI=1S/C18H25ClN4O2.2ClH/c19-14-4-3-5-15(12-14)22-8-10-23(11-9-22)17(24)13-21-18(25)16-6-1-2-7-20-16;;/h3-5,12,16,20H,1-2,6-11,13H2,(H,21,25);2*1H/t16-;;/m1../s1. The van der Waals surface area contributed by atoms with Crippen molar-refractivity contribution in [2.24, 2.45) is 0 Å². The molecule has 0 aromatic heterocycles. The number of halogens is 3. The number of rotatable bonds is 4. The molecule has 6 nitrogen and oxygen atoms in total. The van der Waals surface area contributed by atoms with Gasteiger partial charge in [0.2, 0.25) is 11.8 Å².